The lowest BCUT2D eigenvalue weighted by atomic mass is 10.2. The highest BCUT2D eigenvalue weighted by molar-refractivity contribution is 14.1. The summed E-state index contributed by atoms with van der Waals surface area (Å²) in [7, 11) is 0. The van der Waals surface area contributed by atoms with Crippen LogP contribution in [0.25, 0.3) is 0 Å². The number of rotatable bonds is 4. The van der Waals surface area contributed by atoms with Crippen molar-refractivity contribution in [3.8, 4) is 0 Å². The molecule has 0 aliphatic carbocycles. The molecule has 0 rings (SSSR count). The van der Waals surface area contributed by atoms with E-state index in [9.17, 15) is 0 Å². The Labute approximate surface area is 71.2 Å². The molecule has 0 heterocycles. The Morgan fingerprint density at radius 1 is 1.44 bits per heavy atom. The fraction of sp³-hybridized carbons (Fsp3) is 0.625. The molecule has 0 unspecified atom stereocenters. The Kier molecular flexibility index (Phi) is 8.48. The lowest BCUT2D eigenvalue weighted by molar-refractivity contribution is 0.831. The summed E-state index contributed by atoms with van der Waals surface area (Å²) >= 11 is 2.41. The second kappa shape index (κ2) is 8.25. The van der Waals surface area contributed by atoms with Crippen LogP contribution in [0.1, 0.15) is 26.2 Å². The van der Waals surface area contributed by atoms with E-state index in [2.05, 4.69) is 34.4 Å². The number of allylic oxidation sites excluding steroid dienone is 1. The lowest BCUT2D eigenvalue weighted by Gasteiger charge is -1.87. The molecular weight excluding hydrogens is 223 g/mol. The van der Waals surface area contributed by atoms with Gasteiger partial charge in [0.05, 0.1) is 0 Å². The van der Waals surface area contributed by atoms with Crippen molar-refractivity contribution in [3.05, 3.63) is 17.9 Å². The number of unbranched alkanes of at least 4 members (excludes halogenated alkanes) is 2. The normalized spacial score (nSPS) is 8.22. The molecule has 0 bridgehead atoms. The van der Waals surface area contributed by atoms with Crippen LogP contribution in [0.3, 0.4) is 0 Å². The summed E-state index contributed by atoms with van der Waals surface area (Å²) in [6.07, 6.45) is 7.88. The summed E-state index contributed by atoms with van der Waals surface area (Å²) in [5.74, 6) is 0. The Bertz CT molecular complexity index is 99.1. The first-order valence-electron chi connectivity index (χ1n) is 3.33. The smallest absolute Gasteiger partial charge is 0.000461 e. The summed E-state index contributed by atoms with van der Waals surface area (Å²) in [6, 6.07) is 0. The molecule has 0 aromatic rings. The molecule has 0 aromatic carbocycles. The van der Waals surface area contributed by atoms with Gasteiger partial charge in [-0.3, -0.25) is 0 Å². The van der Waals surface area contributed by atoms with E-state index in [0.29, 0.717) is 0 Å². The van der Waals surface area contributed by atoms with Gasteiger partial charge in [0.15, 0.2) is 0 Å². The average Bonchev–Trinajstić information content (AvgIpc) is 1.89. The summed E-state index contributed by atoms with van der Waals surface area (Å²) < 4.78 is 1.28. The van der Waals surface area contributed by atoms with Crippen molar-refractivity contribution >= 4 is 22.6 Å². The number of halogens is 1. The fourth-order valence-corrected chi connectivity index (χ4v) is 1.08. The maximum absolute atomic E-state index is 3.05. The molecule has 0 amide bonds. The van der Waals surface area contributed by atoms with Crippen LogP contribution in [-0.2, 0) is 0 Å². The average molecular weight is 236 g/mol. The second-order valence-corrected chi connectivity index (χ2v) is 2.92. The van der Waals surface area contributed by atoms with E-state index >= 15 is 0 Å². The molecule has 0 saturated carbocycles. The van der Waals surface area contributed by atoms with Crippen molar-refractivity contribution < 1.29 is 0 Å². The quantitative estimate of drug-likeness (QED) is 0.304. The monoisotopic (exact) mass is 236 g/mol. The largest absolute Gasteiger partial charge is 0.130 e. The predicted octanol–water partition coefficient (Wildman–Crippen LogP) is 3.32. The van der Waals surface area contributed by atoms with Gasteiger partial charge in [-0.15, -0.1) is 5.73 Å². The molecule has 0 nitrogen and oxygen atoms in total. The van der Waals surface area contributed by atoms with Gasteiger partial charge in [-0.1, -0.05) is 22.6 Å². The second-order valence-electron chi connectivity index (χ2n) is 1.84. The molecule has 0 fully saturated rings. The van der Waals surface area contributed by atoms with Crippen LogP contribution in [0.15, 0.2) is 17.9 Å². The third-order valence-corrected chi connectivity index (χ3v) is 1.78. The van der Waals surface area contributed by atoms with Gasteiger partial charge in [0.2, 0.25) is 0 Å². The minimum atomic E-state index is 1.19. The van der Waals surface area contributed by atoms with Crippen LogP contribution in [0.5, 0.6) is 0 Å². The molecule has 0 aromatic heterocycles. The van der Waals surface area contributed by atoms with Crippen LogP contribution in [0.4, 0.5) is 0 Å². The maximum Gasteiger partial charge on any atom is -0.000461 e. The molecule has 1 heteroatoms. The van der Waals surface area contributed by atoms with Crippen molar-refractivity contribution in [1.29, 1.82) is 0 Å². The van der Waals surface area contributed by atoms with Gasteiger partial charge in [0.25, 0.3) is 0 Å². The molecule has 0 saturated heterocycles. The molecule has 0 spiro atoms. The van der Waals surface area contributed by atoms with Gasteiger partial charge in [0.1, 0.15) is 0 Å². The van der Waals surface area contributed by atoms with E-state index in [1.165, 1.54) is 23.7 Å². The molecule has 0 aliphatic heterocycles. The van der Waals surface area contributed by atoms with E-state index in [1.807, 2.05) is 13.0 Å². The summed E-state index contributed by atoms with van der Waals surface area (Å²) in [5, 5.41) is 0. The molecular formula is C8H13I. The summed E-state index contributed by atoms with van der Waals surface area (Å²) in [4.78, 5) is 0. The highest BCUT2D eigenvalue weighted by atomic mass is 127. The number of hydrogen-bond donors (Lipinski definition) is 0. The van der Waals surface area contributed by atoms with Gasteiger partial charge in [-0.25, -0.2) is 0 Å². The lowest BCUT2D eigenvalue weighted by Crippen LogP contribution is -1.71. The van der Waals surface area contributed by atoms with Crippen LogP contribution < -0.4 is 0 Å². The molecule has 9 heavy (non-hydrogen) atoms. The third kappa shape index (κ3) is 8.25. The van der Waals surface area contributed by atoms with E-state index < -0.39 is 0 Å². The number of alkyl halides is 1. The van der Waals surface area contributed by atoms with Crippen molar-refractivity contribution in [2.45, 2.75) is 26.2 Å². The van der Waals surface area contributed by atoms with Gasteiger partial charge in [-0.2, -0.15) is 0 Å². The first kappa shape index (κ1) is 9.25. The Morgan fingerprint density at radius 3 is 2.78 bits per heavy atom. The number of hydrogen-bond acceptors (Lipinski definition) is 0. The van der Waals surface area contributed by atoms with E-state index in [4.69, 9.17) is 0 Å². The molecule has 0 N–H and O–H groups in total. The van der Waals surface area contributed by atoms with E-state index in [1.54, 1.807) is 0 Å². The highest BCUT2D eigenvalue weighted by Crippen LogP contribution is 1.98. The minimum absolute atomic E-state index is 1.19. The van der Waals surface area contributed by atoms with E-state index in [0.717, 1.165) is 0 Å². The van der Waals surface area contributed by atoms with Crippen molar-refractivity contribution in [3.63, 3.8) is 0 Å². The van der Waals surface area contributed by atoms with Gasteiger partial charge in [0, 0.05) is 0 Å². The maximum atomic E-state index is 3.05. The van der Waals surface area contributed by atoms with Gasteiger partial charge in [-0.05, 0) is 42.8 Å². The third-order valence-electron chi connectivity index (χ3n) is 1.02. The standard InChI is InChI=1S/C8H13I/c1-2-3-4-5-6-7-8-9/h2,4H,5-8H2,1H3. The molecule has 52 valence electrons. The summed E-state index contributed by atoms with van der Waals surface area (Å²) in [5.41, 5.74) is 3.05. The van der Waals surface area contributed by atoms with E-state index in [-0.39, 0.29) is 0 Å². The first-order chi connectivity index (χ1) is 4.41. The Morgan fingerprint density at radius 2 is 2.22 bits per heavy atom. The Balaban J connectivity index is 3.00. The van der Waals surface area contributed by atoms with Crippen molar-refractivity contribution in [2.24, 2.45) is 0 Å². The zero-order valence-corrected chi connectivity index (χ0v) is 8.02. The van der Waals surface area contributed by atoms with Crippen LogP contribution in [0.2, 0.25) is 0 Å². The Hall–Kier alpha value is 0.250. The van der Waals surface area contributed by atoms with Crippen LogP contribution >= 0.6 is 22.6 Å². The van der Waals surface area contributed by atoms with Gasteiger partial charge >= 0.3 is 0 Å². The van der Waals surface area contributed by atoms with Crippen molar-refractivity contribution in [2.75, 3.05) is 4.43 Å². The van der Waals surface area contributed by atoms with Gasteiger partial charge < -0.3 is 0 Å². The van der Waals surface area contributed by atoms with Crippen LogP contribution in [0, 0.1) is 0 Å². The first-order valence-corrected chi connectivity index (χ1v) is 4.86. The molecule has 0 aliphatic rings. The zero-order valence-electron chi connectivity index (χ0n) is 5.86. The van der Waals surface area contributed by atoms with Crippen LogP contribution in [-0.4, -0.2) is 4.43 Å². The molecule has 0 atom stereocenters. The minimum Gasteiger partial charge on any atom is -0.130 e. The zero-order chi connectivity index (χ0) is 6.95. The predicted molar refractivity (Wildman–Crippen MR) is 51.1 cm³/mol. The highest BCUT2D eigenvalue weighted by Gasteiger charge is 1.79. The SMILES string of the molecule is CC=C=CCCCCI. The fourth-order valence-electron chi connectivity index (χ4n) is 0.542. The topological polar surface area (TPSA) is 0 Å². The summed E-state index contributed by atoms with van der Waals surface area (Å²) in [6.45, 7) is 1.99. The van der Waals surface area contributed by atoms with Crippen molar-refractivity contribution in [1.82, 2.24) is 0 Å². The molecule has 0 radical (unpaired) electrons.